The van der Waals surface area contributed by atoms with E-state index in [1.54, 1.807) is 6.07 Å². The van der Waals surface area contributed by atoms with Crippen molar-refractivity contribution in [3.05, 3.63) is 34.9 Å². The molecular weight excluding hydrogens is 266 g/mol. The SMILES string of the molecule is Cc1ccc(C#CCCO)cc1C(=O)NC1(C)CCOC1. The first kappa shape index (κ1) is 15.6. The molecule has 0 aromatic heterocycles. The normalized spacial score (nSPS) is 20.7. The zero-order valence-electron chi connectivity index (χ0n) is 12.5. The van der Waals surface area contributed by atoms with Gasteiger partial charge in [0.2, 0.25) is 0 Å². The average Bonchev–Trinajstić information content (AvgIpc) is 2.87. The molecule has 112 valence electrons. The zero-order valence-corrected chi connectivity index (χ0v) is 12.5. The molecule has 1 atom stereocenters. The van der Waals surface area contributed by atoms with Crippen LogP contribution in [0.2, 0.25) is 0 Å². The number of hydrogen-bond donors (Lipinski definition) is 2. The molecule has 2 N–H and O–H groups in total. The second-order valence-corrected chi connectivity index (χ2v) is 5.62. The van der Waals surface area contributed by atoms with E-state index < -0.39 is 0 Å². The van der Waals surface area contributed by atoms with Crippen molar-refractivity contribution in [3.8, 4) is 11.8 Å². The Morgan fingerprint density at radius 1 is 1.52 bits per heavy atom. The molecule has 0 aliphatic carbocycles. The first-order chi connectivity index (χ1) is 10.0. The monoisotopic (exact) mass is 287 g/mol. The molecular formula is C17H21NO3. The quantitative estimate of drug-likeness (QED) is 0.831. The van der Waals surface area contributed by atoms with Gasteiger partial charge in [0.1, 0.15) is 0 Å². The van der Waals surface area contributed by atoms with Crippen molar-refractivity contribution < 1.29 is 14.6 Å². The summed E-state index contributed by atoms with van der Waals surface area (Å²) in [6, 6.07) is 5.58. The fraction of sp³-hybridized carbons (Fsp3) is 0.471. The van der Waals surface area contributed by atoms with Crippen LogP contribution in [0, 0.1) is 18.8 Å². The molecule has 1 amide bonds. The molecule has 1 aliphatic heterocycles. The maximum absolute atomic E-state index is 12.5. The number of amides is 1. The Labute approximate surface area is 125 Å². The van der Waals surface area contributed by atoms with E-state index in [-0.39, 0.29) is 18.1 Å². The van der Waals surface area contributed by atoms with E-state index >= 15 is 0 Å². The van der Waals surface area contributed by atoms with Gasteiger partial charge in [0.25, 0.3) is 5.91 Å². The lowest BCUT2D eigenvalue weighted by Gasteiger charge is -2.24. The third kappa shape index (κ3) is 4.07. The van der Waals surface area contributed by atoms with Gasteiger partial charge >= 0.3 is 0 Å². The number of aryl methyl sites for hydroxylation is 1. The minimum absolute atomic E-state index is 0.0462. The Morgan fingerprint density at radius 3 is 3.00 bits per heavy atom. The maximum atomic E-state index is 12.5. The highest BCUT2D eigenvalue weighted by Crippen LogP contribution is 2.19. The molecule has 1 unspecified atom stereocenters. The summed E-state index contributed by atoms with van der Waals surface area (Å²) in [5.41, 5.74) is 2.05. The smallest absolute Gasteiger partial charge is 0.252 e. The van der Waals surface area contributed by atoms with E-state index in [0.29, 0.717) is 25.2 Å². The Kier molecular flexibility index (Phi) is 5.00. The second-order valence-electron chi connectivity index (χ2n) is 5.62. The highest BCUT2D eigenvalue weighted by Gasteiger charge is 2.31. The van der Waals surface area contributed by atoms with E-state index in [9.17, 15) is 4.79 Å². The molecule has 0 saturated carbocycles. The van der Waals surface area contributed by atoms with Gasteiger partial charge in [-0.05, 0) is 38.0 Å². The second kappa shape index (κ2) is 6.75. The molecule has 4 nitrogen and oxygen atoms in total. The molecule has 1 saturated heterocycles. The Bertz CT molecular complexity index is 577. The van der Waals surface area contributed by atoms with E-state index in [4.69, 9.17) is 9.84 Å². The molecule has 0 bridgehead atoms. The number of ether oxygens (including phenoxy) is 1. The maximum Gasteiger partial charge on any atom is 0.252 e. The van der Waals surface area contributed by atoms with E-state index in [1.807, 2.05) is 26.0 Å². The summed E-state index contributed by atoms with van der Waals surface area (Å²) in [5.74, 6) is 5.73. The Balaban J connectivity index is 2.16. The van der Waals surface area contributed by atoms with E-state index in [0.717, 1.165) is 17.5 Å². The van der Waals surface area contributed by atoms with Gasteiger partial charge in [-0.3, -0.25) is 4.79 Å². The highest BCUT2D eigenvalue weighted by molar-refractivity contribution is 5.96. The number of benzene rings is 1. The largest absolute Gasteiger partial charge is 0.395 e. The summed E-state index contributed by atoms with van der Waals surface area (Å²) in [6.07, 6.45) is 1.26. The van der Waals surface area contributed by atoms with Crippen LogP contribution in [0.5, 0.6) is 0 Å². The van der Waals surface area contributed by atoms with Crippen LogP contribution < -0.4 is 5.32 Å². The summed E-state index contributed by atoms with van der Waals surface area (Å²) >= 11 is 0. The molecule has 0 radical (unpaired) electrons. The van der Waals surface area contributed by atoms with Crippen molar-refractivity contribution in [2.24, 2.45) is 0 Å². The summed E-state index contributed by atoms with van der Waals surface area (Å²) < 4.78 is 5.36. The van der Waals surface area contributed by atoms with Gasteiger partial charge in [-0.25, -0.2) is 0 Å². The van der Waals surface area contributed by atoms with Gasteiger partial charge in [0.15, 0.2) is 0 Å². The Morgan fingerprint density at radius 2 is 2.33 bits per heavy atom. The number of carbonyl (C=O) groups is 1. The predicted octanol–water partition coefficient (Wildman–Crippen LogP) is 1.64. The fourth-order valence-corrected chi connectivity index (χ4v) is 2.27. The van der Waals surface area contributed by atoms with Gasteiger partial charge in [0.05, 0.1) is 18.8 Å². The van der Waals surface area contributed by atoms with Crippen molar-refractivity contribution in [2.75, 3.05) is 19.8 Å². The lowest BCUT2D eigenvalue weighted by Crippen LogP contribution is -2.46. The topological polar surface area (TPSA) is 58.6 Å². The number of aliphatic hydroxyl groups is 1. The van der Waals surface area contributed by atoms with Gasteiger partial charge in [0, 0.05) is 24.2 Å². The number of nitrogens with one attached hydrogen (secondary N) is 1. The molecule has 1 fully saturated rings. The van der Waals surface area contributed by atoms with Crippen LogP contribution in [0.15, 0.2) is 18.2 Å². The van der Waals surface area contributed by atoms with Crippen molar-refractivity contribution >= 4 is 5.91 Å². The van der Waals surface area contributed by atoms with Crippen LogP contribution in [0.25, 0.3) is 0 Å². The molecule has 4 heteroatoms. The zero-order chi connectivity index (χ0) is 15.3. The van der Waals surface area contributed by atoms with Gasteiger partial charge in [-0.15, -0.1) is 0 Å². The number of hydrogen-bond acceptors (Lipinski definition) is 3. The minimum Gasteiger partial charge on any atom is -0.395 e. The van der Waals surface area contributed by atoms with Crippen LogP contribution >= 0.6 is 0 Å². The predicted molar refractivity (Wildman–Crippen MR) is 81.1 cm³/mol. The summed E-state index contributed by atoms with van der Waals surface area (Å²) in [4.78, 5) is 12.5. The molecule has 2 rings (SSSR count). The highest BCUT2D eigenvalue weighted by atomic mass is 16.5. The van der Waals surface area contributed by atoms with Gasteiger partial charge in [-0.1, -0.05) is 17.9 Å². The first-order valence-electron chi connectivity index (χ1n) is 7.15. The van der Waals surface area contributed by atoms with Gasteiger partial charge in [-0.2, -0.15) is 0 Å². The fourth-order valence-electron chi connectivity index (χ4n) is 2.27. The van der Waals surface area contributed by atoms with Crippen LogP contribution in [0.4, 0.5) is 0 Å². The Hall–Kier alpha value is -1.83. The third-order valence-corrected chi connectivity index (χ3v) is 3.59. The van der Waals surface area contributed by atoms with E-state index in [1.165, 1.54) is 0 Å². The molecule has 21 heavy (non-hydrogen) atoms. The average molecular weight is 287 g/mol. The lowest BCUT2D eigenvalue weighted by atomic mass is 9.99. The summed E-state index contributed by atoms with van der Waals surface area (Å²) in [5, 5.41) is 11.8. The van der Waals surface area contributed by atoms with E-state index in [2.05, 4.69) is 17.2 Å². The molecule has 1 aromatic carbocycles. The third-order valence-electron chi connectivity index (χ3n) is 3.59. The number of rotatable bonds is 3. The number of carbonyl (C=O) groups excluding carboxylic acids is 1. The van der Waals surface area contributed by atoms with Crippen LogP contribution in [-0.4, -0.2) is 36.4 Å². The van der Waals surface area contributed by atoms with Gasteiger partial charge < -0.3 is 15.2 Å². The van der Waals surface area contributed by atoms with Crippen LogP contribution in [-0.2, 0) is 4.74 Å². The number of aliphatic hydroxyl groups excluding tert-OH is 1. The summed E-state index contributed by atoms with van der Waals surface area (Å²) in [7, 11) is 0. The standard InChI is InChI=1S/C17H21NO3/c1-13-6-7-14(5-3-4-9-19)11-15(13)16(20)18-17(2)8-10-21-12-17/h6-7,11,19H,4,8-10,12H2,1-2H3,(H,18,20). The van der Waals surface area contributed by atoms with Crippen LogP contribution in [0.3, 0.4) is 0 Å². The van der Waals surface area contributed by atoms with Crippen molar-refractivity contribution in [1.82, 2.24) is 5.32 Å². The molecule has 1 aliphatic rings. The summed E-state index contributed by atoms with van der Waals surface area (Å²) in [6.45, 7) is 5.19. The first-order valence-corrected chi connectivity index (χ1v) is 7.15. The molecule has 0 spiro atoms. The molecule has 1 heterocycles. The minimum atomic E-state index is -0.290. The van der Waals surface area contributed by atoms with Crippen molar-refractivity contribution in [3.63, 3.8) is 0 Å². The van der Waals surface area contributed by atoms with Crippen molar-refractivity contribution in [2.45, 2.75) is 32.2 Å². The van der Waals surface area contributed by atoms with Crippen molar-refractivity contribution in [1.29, 1.82) is 0 Å². The van der Waals surface area contributed by atoms with Crippen LogP contribution in [0.1, 0.15) is 41.3 Å². The molecule has 1 aromatic rings. The lowest BCUT2D eigenvalue weighted by molar-refractivity contribution is 0.0889.